The highest BCUT2D eigenvalue weighted by molar-refractivity contribution is 5.79. The molecule has 0 aliphatic heterocycles. The molecule has 114 valence electrons. The van der Waals surface area contributed by atoms with Crippen LogP contribution < -0.4 is 5.32 Å². The van der Waals surface area contributed by atoms with E-state index in [0.717, 1.165) is 19.3 Å². The van der Waals surface area contributed by atoms with E-state index in [2.05, 4.69) is 11.9 Å². The third-order valence-corrected chi connectivity index (χ3v) is 3.81. The quantitative estimate of drug-likeness (QED) is 0.668. The third-order valence-electron chi connectivity index (χ3n) is 3.81. The maximum atomic E-state index is 12.1. The van der Waals surface area contributed by atoms with E-state index in [1.54, 1.807) is 6.08 Å². The molecule has 0 aromatic carbocycles. The van der Waals surface area contributed by atoms with E-state index in [1.165, 1.54) is 0 Å². The van der Waals surface area contributed by atoms with Gasteiger partial charge in [-0.3, -0.25) is 9.59 Å². The Hall–Kier alpha value is -1.36. The summed E-state index contributed by atoms with van der Waals surface area (Å²) in [4.78, 5) is 23.0. The fourth-order valence-corrected chi connectivity index (χ4v) is 2.51. The Kier molecular flexibility index (Phi) is 7.30. The van der Waals surface area contributed by atoms with E-state index in [4.69, 9.17) is 9.84 Å². The summed E-state index contributed by atoms with van der Waals surface area (Å²) in [6.07, 6.45) is 5.85. The number of aliphatic carboxylic acids is 1. The normalized spacial score (nSPS) is 23.9. The molecule has 0 aromatic rings. The number of carbonyl (C=O) groups is 2. The molecule has 0 bridgehead atoms. The Morgan fingerprint density at radius 2 is 2.25 bits per heavy atom. The van der Waals surface area contributed by atoms with E-state index < -0.39 is 11.9 Å². The zero-order valence-corrected chi connectivity index (χ0v) is 12.1. The van der Waals surface area contributed by atoms with E-state index in [1.807, 2.05) is 6.92 Å². The van der Waals surface area contributed by atoms with Gasteiger partial charge in [0.1, 0.15) is 0 Å². The van der Waals surface area contributed by atoms with Crippen LogP contribution in [-0.2, 0) is 14.3 Å². The van der Waals surface area contributed by atoms with Crippen LogP contribution in [0.5, 0.6) is 0 Å². The first-order chi connectivity index (χ1) is 9.58. The summed E-state index contributed by atoms with van der Waals surface area (Å²) < 4.78 is 5.61. The zero-order chi connectivity index (χ0) is 15.0. The molecule has 1 aliphatic carbocycles. The first-order valence-corrected chi connectivity index (χ1v) is 7.31. The van der Waals surface area contributed by atoms with Crippen molar-refractivity contribution in [2.75, 3.05) is 13.2 Å². The summed E-state index contributed by atoms with van der Waals surface area (Å²) in [5, 5.41) is 11.7. The number of nitrogens with one attached hydrogen (secondary N) is 1. The Morgan fingerprint density at radius 1 is 1.50 bits per heavy atom. The highest BCUT2D eigenvalue weighted by Crippen LogP contribution is 2.26. The molecule has 1 unspecified atom stereocenters. The Bertz CT molecular complexity index is 343. The number of carbonyl (C=O) groups excluding carboxylic acids is 1. The standard InChI is InChI=1S/C15H25NO4/c1-3-8-20-13-7-5-6-12(9-13)14(17)16-10-11(4-2)15(18)19/h3,11-13H,1,4-10H2,2H3,(H,16,17)(H,18,19)/t11?,12-,13+/m1/s1. The lowest BCUT2D eigenvalue weighted by Crippen LogP contribution is -2.39. The van der Waals surface area contributed by atoms with E-state index >= 15 is 0 Å². The minimum Gasteiger partial charge on any atom is -0.481 e. The number of hydrogen-bond donors (Lipinski definition) is 2. The molecule has 1 amide bonds. The van der Waals surface area contributed by atoms with E-state index in [9.17, 15) is 9.59 Å². The lowest BCUT2D eigenvalue weighted by atomic mass is 9.86. The monoisotopic (exact) mass is 283 g/mol. The van der Waals surface area contributed by atoms with Crippen molar-refractivity contribution in [3.63, 3.8) is 0 Å². The van der Waals surface area contributed by atoms with Gasteiger partial charge in [0.25, 0.3) is 0 Å². The van der Waals surface area contributed by atoms with Gasteiger partial charge >= 0.3 is 5.97 Å². The van der Waals surface area contributed by atoms with Crippen LogP contribution in [0.15, 0.2) is 12.7 Å². The van der Waals surface area contributed by atoms with Gasteiger partial charge in [-0.15, -0.1) is 6.58 Å². The lowest BCUT2D eigenvalue weighted by Gasteiger charge is -2.28. The van der Waals surface area contributed by atoms with Crippen molar-refractivity contribution >= 4 is 11.9 Å². The van der Waals surface area contributed by atoms with Crippen LogP contribution in [0.1, 0.15) is 39.0 Å². The maximum absolute atomic E-state index is 12.1. The van der Waals surface area contributed by atoms with Gasteiger partial charge in [0.05, 0.1) is 18.6 Å². The molecule has 0 spiro atoms. The van der Waals surface area contributed by atoms with Crippen LogP contribution >= 0.6 is 0 Å². The van der Waals surface area contributed by atoms with Crippen molar-refractivity contribution in [2.24, 2.45) is 11.8 Å². The largest absolute Gasteiger partial charge is 0.481 e. The Balaban J connectivity index is 2.38. The van der Waals surface area contributed by atoms with Crippen molar-refractivity contribution in [3.8, 4) is 0 Å². The molecule has 0 saturated heterocycles. The van der Waals surface area contributed by atoms with Crippen molar-refractivity contribution in [3.05, 3.63) is 12.7 Å². The lowest BCUT2D eigenvalue weighted by molar-refractivity contribution is -0.141. The van der Waals surface area contributed by atoms with Crippen molar-refractivity contribution in [2.45, 2.75) is 45.1 Å². The molecular weight excluding hydrogens is 258 g/mol. The van der Waals surface area contributed by atoms with Crippen LogP contribution in [0.3, 0.4) is 0 Å². The number of ether oxygens (including phenoxy) is 1. The molecule has 0 aromatic heterocycles. The molecule has 1 saturated carbocycles. The minimum absolute atomic E-state index is 0.0448. The SMILES string of the molecule is C=CCO[C@H]1CCC[C@@H](C(=O)NCC(CC)C(=O)O)C1. The average molecular weight is 283 g/mol. The van der Waals surface area contributed by atoms with Crippen LogP contribution in [0.4, 0.5) is 0 Å². The fourth-order valence-electron chi connectivity index (χ4n) is 2.51. The highest BCUT2D eigenvalue weighted by atomic mass is 16.5. The second-order valence-corrected chi connectivity index (χ2v) is 5.30. The van der Waals surface area contributed by atoms with Crippen molar-refractivity contribution in [1.82, 2.24) is 5.32 Å². The molecular formula is C15H25NO4. The zero-order valence-electron chi connectivity index (χ0n) is 12.1. The number of carboxylic acid groups (broad SMARTS) is 1. The highest BCUT2D eigenvalue weighted by Gasteiger charge is 2.28. The molecule has 2 N–H and O–H groups in total. The van der Waals surface area contributed by atoms with Gasteiger partial charge in [0.15, 0.2) is 0 Å². The predicted molar refractivity (Wildman–Crippen MR) is 76.3 cm³/mol. The Morgan fingerprint density at radius 3 is 2.85 bits per heavy atom. The van der Waals surface area contributed by atoms with Crippen LogP contribution in [-0.4, -0.2) is 36.2 Å². The van der Waals surface area contributed by atoms with Gasteiger partial charge in [-0.05, 0) is 25.7 Å². The first-order valence-electron chi connectivity index (χ1n) is 7.31. The molecule has 3 atom stereocenters. The molecule has 5 nitrogen and oxygen atoms in total. The topological polar surface area (TPSA) is 75.6 Å². The number of amides is 1. The first kappa shape index (κ1) is 16.7. The maximum Gasteiger partial charge on any atom is 0.308 e. The number of carboxylic acids is 1. The smallest absolute Gasteiger partial charge is 0.308 e. The molecule has 1 rings (SSSR count). The third kappa shape index (κ3) is 5.33. The van der Waals surface area contributed by atoms with Crippen LogP contribution in [0.25, 0.3) is 0 Å². The number of hydrogen-bond acceptors (Lipinski definition) is 3. The number of rotatable bonds is 8. The van der Waals surface area contributed by atoms with Gasteiger partial charge in [-0.2, -0.15) is 0 Å². The minimum atomic E-state index is -0.858. The molecule has 5 heteroatoms. The second kappa shape index (κ2) is 8.74. The van der Waals surface area contributed by atoms with Gasteiger partial charge in [0.2, 0.25) is 5.91 Å². The van der Waals surface area contributed by atoms with E-state index in [-0.39, 0.29) is 24.5 Å². The van der Waals surface area contributed by atoms with E-state index in [0.29, 0.717) is 19.4 Å². The molecule has 1 aliphatic rings. The second-order valence-electron chi connectivity index (χ2n) is 5.30. The fraction of sp³-hybridized carbons (Fsp3) is 0.733. The predicted octanol–water partition coefficient (Wildman–Crippen LogP) is 1.97. The summed E-state index contributed by atoms with van der Waals surface area (Å²) in [5.41, 5.74) is 0. The summed E-state index contributed by atoms with van der Waals surface area (Å²) in [7, 11) is 0. The van der Waals surface area contributed by atoms with Gasteiger partial charge in [0, 0.05) is 12.5 Å². The summed E-state index contributed by atoms with van der Waals surface area (Å²) in [6.45, 7) is 6.14. The molecule has 0 radical (unpaired) electrons. The summed E-state index contributed by atoms with van der Waals surface area (Å²) >= 11 is 0. The van der Waals surface area contributed by atoms with Crippen molar-refractivity contribution in [1.29, 1.82) is 0 Å². The van der Waals surface area contributed by atoms with Crippen molar-refractivity contribution < 1.29 is 19.4 Å². The molecule has 0 heterocycles. The molecule has 1 fully saturated rings. The van der Waals surface area contributed by atoms with Crippen LogP contribution in [0.2, 0.25) is 0 Å². The van der Waals surface area contributed by atoms with Gasteiger partial charge in [-0.25, -0.2) is 0 Å². The Labute approximate surface area is 120 Å². The van der Waals surface area contributed by atoms with Gasteiger partial charge < -0.3 is 15.2 Å². The summed E-state index contributed by atoms with van der Waals surface area (Å²) in [6, 6.07) is 0. The molecule has 20 heavy (non-hydrogen) atoms. The van der Waals surface area contributed by atoms with Crippen LogP contribution in [0, 0.1) is 11.8 Å². The average Bonchev–Trinajstić information content (AvgIpc) is 2.45. The summed E-state index contributed by atoms with van der Waals surface area (Å²) in [5.74, 6) is -1.47. The van der Waals surface area contributed by atoms with Gasteiger partial charge in [-0.1, -0.05) is 19.4 Å².